The zero-order valence-electron chi connectivity index (χ0n) is 11.5. The van der Waals surface area contributed by atoms with Crippen LogP contribution in [-0.4, -0.2) is 13.2 Å². The molecule has 1 fully saturated rings. The maximum Gasteiger partial charge on any atom is 0.123 e. The first-order valence-electron chi connectivity index (χ1n) is 6.96. The van der Waals surface area contributed by atoms with Gasteiger partial charge in [0.2, 0.25) is 0 Å². The molecule has 2 nitrogen and oxygen atoms in total. The highest BCUT2D eigenvalue weighted by Gasteiger charge is 2.23. The molecule has 3 rings (SSSR count). The molecule has 0 unspecified atom stereocenters. The van der Waals surface area contributed by atoms with E-state index in [0.29, 0.717) is 12.6 Å². The maximum atomic E-state index is 13.5. The van der Waals surface area contributed by atoms with E-state index in [1.807, 2.05) is 37.4 Å². The minimum atomic E-state index is -0.214. The number of halogens is 1. The second kappa shape index (κ2) is 5.63. The first-order valence-corrected chi connectivity index (χ1v) is 6.96. The number of ether oxygens (including phenoxy) is 1. The molecule has 1 aliphatic carbocycles. The molecule has 0 bridgehead atoms. The van der Waals surface area contributed by atoms with Crippen LogP contribution in [0.5, 0.6) is 5.75 Å². The standard InChI is InChI=1S/C17H18FNO/c1-19-11-13-5-6-14(18)10-17(13)12-3-2-4-16(9-12)20-15-7-8-15/h2-6,9-10,15,19H,7-8,11H2,1H3. The zero-order valence-corrected chi connectivity index (χ0v) is 11.5. The molecule has 0 heterocycles. The van der Waals surface area contributed by atoms with Crippen LogP contribution in [0.3, 0.4) is 0 Å². The van der Waals surface area contributed by atoms with E-state index in [9.17, 15) is 4.39 Å². The Morgan fingerprint density at radius 2 is 2.05 bits per heavy atom. The Bertz CT molecular complexity index is 608. The van der Waals surface area contributed by atoms with Crippen molar-refractivity contribution in [2.75, 3.05) is 7.05 Å². The van der Waals surface area contributed by atoms with Gasteiger partial charge in [-0.25, -0.2) is 4.39 Å². The lowest BCUT2D eigenvalue weighted by atomic mass is 9.99. The summed E-state index contributed by atoms with van der Waals surface area (Å²) < 4.78 is 19.4. The molecule has 0 spiro atoms. The van der Waals surface area contributed by atoms with E-state index in [0.717, 1.165) is 35.3 Å². The molecule has 1 saturated carbocycles. The third kappa shape index (κ3) is 2.99. The summed E-state index contributed by atoms with van der Waals surface area (Å²) in [7, 11) is 1.89. The Hall–Kier alpha value is -1.87. The SMILES string of the molecule is CNCc1ccc(F)cc1-c1cccc(OC2CC2)c1. The monoisotopic (exact) mass is 271 g/mol. The fraction of sp³-hybridized carbons (Fsp3) is 0.294. The molecule has 0 aromatic heterocycles. The summed E-state index contributed by atoms with van der Waals surface area (Å²) in [6, 6.07) is 12.8. The number of hydrogen-bond acceptors (Lipinski definition) is 2. The third-order valence-electron chi connectivity index (χ3n) is 3.41. The van der Waals surface area contributed by atoms with Gasteiger partial charge < -0.3 is 10.1 Å². The highest BCUT2D eigenvalue weighted by Crippen LogP contribution is 2.31. The quantitative estimate of drug-likeness (QED) is 0.894. The number of rotatable bonds is 5. The Morgan fingerprint density at radius 1 is 1.20 bits per heavy atom. The summed E-state index contributed by atoms with van der Waals surface area (Å²) in [5.41, 5.74) is 2.99. The zero-order chi connectivity index (χ0) is 13.9. The first-order chi connectivity index (χ1) is 9.76. The van der Waals surface area contributed by atoms with Gasteiger partial charge in [-0.05, 0) is 60.8 Å². The largest absolute Gasteiger partial charge is 0.490 e. The summed E-state index contributed by atoms with van der Waals surface area (Å²) in [5.74, 6) is 0.651. The van der Waals surface area contributed by atoms with Crippen molar-refractivity contribution in [1.29, 1.82) is 0 Å². The molecule has 104 valence electrons. The second-order valence-electron chi connectivity index (χ2n) is 5.18. The van der Waals surface area contributed by atoms with Crippen molar-refractivity contribution < 1.29 is 9.13 Å². The average Bonchev–Trinajstić information content (AvgIpc) is 3.25. The van der Waals surface area contributed by atoms with E-state index >= 15 is 0 Å². The minimum Gasteiger partial charge on any atom is -0.490 e. The van der Waals surface area contributed by atoms with Crippen molar-refractivity contribution in [1.82, 2.24) is 5.32 Å². The molecule has 1 N–H and O–H groups in total. The highest BCUT2D eigenvalue weighted by atomic mass is 19.1. The minimum absolute atomic E-state index is 0.214. The van der Waals surface area contributed by atoms with Crippen LogP contribution < -0.4 is 10.1 Å². The van der Waals surface area contributed by atoms with Gasteiger partial charge in [0.15, 0.2) is 0 Å². The molecule has 0 aliphatic heterocycles. The maximum absolute atomic E-state index is 13.5. The molecular formula is C17H18FNO. The van der Waals surface area contributed by atoms with Crippen molar-refractivity contribution in [3.8, 4) is 16.9 Å². The second-order valence-corrected chi connectivity index (χ2v) is 5.18. The normalized spacial score (nSPS) is 14.3. The summed E-state index contributed by atoms with van der Waals surface area (Å²) in [4.78, 5) is 0. The molecule has 0 atom stereocenters. The molecule has 2 aromatic carbocycles. The van der Waals surface area contributed by atoms with Crippen LogP contribution in [0.25, 0.3) is 11.1 Å². The highest BCUT2D eigenvalue weighted by molar-refractivity contribution is 5.68. The Morgan fingerprint density at radius 3 is 2.80 bits per heavy atom. The van der Waals surface area contributed by atoms with Crippen molar-refractivity contribution >= 4 is 0 Å². The third-order valence-corrected chi connectivity index (χ3v) is 3.41. The van der Waals surface area contributed by atoms with Gasteiger partial charge in [-0.15, -0.1) is 0 Å². The summed E-state index contributed by atoms with van der Waals surface area (Å²) in [6.45, 7) is 0.712. The van der Waals surface area contributed by atoms with Gasteiger partial charge in [-0.2, -0.15) is 0 Å². The Balaban J connectivity index is 1.96. The predicted octanol–water partition coefficient (Wildman–Crippen LogP) is 3.75. The van der Waals surface area contributed by atoms with Gasteiger partial charge in [-0.3, -0.25) is 0 Å². The van der Waals surface area contributed by atoms with E-state index in [2.05, 4.69) is 5.32 Å². The lowest BCUT2D eigenvalue weighted by molar-refractivity contribution is 0.303. The molecule has 20 heavy (non-hydrogen) atoms. The van der Waals surface area contributed by atoms with Crippen molar-refractivity contribution in [3.63, 3.8) is 0 Å². The van der Waals surface area contributed by atoms with Crippen LogP contribution in [0.1, 0.15) is 18.4 Å². The predicted molar refractivity (Wildman–Crippen MR) is 78.2 cm³/mol. The van der Waals surface area contributed by atoms with Crippen LogP contribution in [0, 0.1) is 5.82 Å². The van der Waals surface area contributed by atoms with Crippen LogP contribution >= 0.6 is 0 Å². The van der Waals surface area contributed by atoms with E-state index < -0.39 is 0 Å². The summed E-state index contributed by atoms with van der Waals surface area (Å²) >= 11 is 0. The lowest BCUT2D eigenvalue weighted by Gasteiger charge is -2.11. The van der Waals surface area contributed by atoms with Gasteiger partial charge in [0, 0.05) is 6.54 Å². The van der Waals surface area contributed by atoms with Gasteiger partial charge >= 0.3 is 0 Å². The fourth-order valence-electron chi connectivity index (χ4n) is 2.28. The molecule has 0 radical (unpaired) electrons. The van der Waals surface area contributed by atoms with E-state index in [-0.39, 0.29) is 5.82 Å². The molecule has 2 aromatic rings. The number of hydrogen-bond donors (Lipinski definition) is 1. The van der Waals surface area contributed by atoms with Crippen LogP contribution in [0.4, 0.5) is 4.39 Å². The fourth-order valence-corrected chi connectivity index (χ4v) is 2.28. The van der Waals surface area contributed by atoms with Gasteiger partial charge in [0.05, 0.1) is 6.10 Å². The van der Waals surface area contributed by atoms with Gasteiger partial charge in [-0.1, -0.05) is 18.2 Å². The lowest BCUT2D eigenvalue weighted by Crippen LogP contribution is -2.06. The van der Waals surface area contributed by atoms with E-state index in [4.69, 9.17) is 4.74 Å². The first kappa shape index (κ1) is 13.1. The average molecular weight is 271 g/mol. The molecular weight excluding hydrogens is 253 g/mol. The van der Waals surface area contributed by atoms with E-state index in [1.54, 1.807) is 6.07 Å². The van der Waals surface area contributed by atoms with Gasteiger partial charge in [0.25, 0.3) is 0 Å². The Kier molecular flexibility index (Phi) is 3.70. The number of nitrogens with one attached hydrogen (secondary N) is 1. The van der Waals surface area contributed by atoms with Crippen molar-refractivity contribution in [2.45, 2.75) is 25.5 Å². The van der Waals surface area contributed by atoms with Crippen LogP contribution in [0.15, 0.2) is 42.5 Å². The van der Waals surface area contributed by atoms with Crippen LogP contribution in [-0.2, 0) is 6.54 Å². The van der Waals surface area contributed by atoms with Crippen molar-refractivity contribution in [2.24, 2.45) is 0 Å². The molecule has 0 amide bonds. The van der Waals surface area contributed by atoms with E-state index in [1.165, 1.54) is 6.07 Å². The summed E-state index contributed by atoms with van der Waals surface area (Å²) in [5, 5.41) is 3.12. The molecule has 3 heteroatoms. The molecule has 0 saturated heterocycles. The molecule has 1 aliphatic rings. The number of benzene rings is 2. The topological polar surface area (TPSA) is 21.3 Å². The van der Waals surface area contributed by atoms with Crippen LogP contribution in [0.2, 0.25) is 0 Å². The van der Waals surface area contributed by atoms with Gasteiger partial charge in [0.1, 0.15) is 11.6 Å². The Labute approximate surface area is 118 Å². The summed E-state index contributed by atoms with van der Waals surface area (Å²) in [6.07, 6.45) is 2.64. The smallest absolute Gasteiger partial charge is 0.123 e. The van der Waals surface area contributed by atoms with Crippen molar-refractivity contribution in [3.05, 3.63) is 53.8 Å².